The number of hydrogen-bond acceptors (Lipinski definition) is 4. The molecule has 6 nitrogen and oxygen atoms in total. The molecule has 2 aromatic carbocycles. The van der Waals surface area contributed by atoms with Crippen molar-refractivity contribution in [3.05, 3.63) is 94.2 Å². The zero-order valence-electron chi connectivity index (χ0n) is 17.9. The fourth-order valence-electron chi connectivity index (χ4n) is 4.01. The number of carbonyl (C=O) groups is 3. The van der Waals surface area contributed by atoms with Crippen LogP contribution in [0.1, 0.15) is 22.9 Å². The zero-order valence-corrected chi connectivity index (χ0v) is 18.7. The van der Waals surface area contributed by atoms with Crippen LogP contribution in [-0.2, 0) is 28.1 Å². The third-order valence-corrected chi connectivity index (χ3v) is 6.57. The van der Waals surface area contributed by atoms with E-state index in [2.05, 4.69) is 5.32 Å². The molecule has 0 aliphatic carbocycles. The van der Waals surface area contributed by atoms with E-state index in [1.165, 1.54) is 0 Å². The van der Waals surface area contributed by atoms with Crippen LogP contribution in [0.15, 0.2) is 78.2 Å². The van der Waals surface area contributed by atoms with Crippen LogP contribution >= 0.6 is 11.3 Å². The maximum atomic E-state index is 13.7. The molecule has 1 atom stereocenters. The number of thiophene rings is 1. The summed E-state index contributed by atoms with van der Waals surface area (Å²) in [6, 6.07) is 22.2. The Labute approximate surface area is 191 Å². The second-order valence-electron chi connectivity index (χ2n) is 7.74. The van der Waals surface area contributed by atoms with Crippen molar-refractivity contribution >= 4 is 29.2 Å². The number of urea groups is 1. The number of likely N-dealkylation sites (N-methyl/N-ethyl adjacent to an activating group) is 1. The number of amides is 4. The lowest BCUT2D eigenvalue weighted by Crippen LogP contribution is -2.47. The lowest BCUT2D eigenvalue weighted by atomic mass is 9.83. The van der Waals surface area contributed by atoms with Crippen molar-refractivity contribution in [3.8, 4) is 0 Å². The van der Waals surface area contributed by atoms with E-state index < -0.39 is 17.5 Å². The van der Waals surface area contributed by atoms with Gasteiger partial charge in [0.2, 0.25) is 5.91 Å². The summed E-state index contributed by atoms with van der Waals surface area (Å²) >= 11 is 1.57. The van der Waals surface area contributed by atoms with Crippen LogP contribution < -0.4 is 5.32 Å². The van der Waals surface area contributed by atoms with Crippen molar-refractivity contribution in [1.82, 2.24) is 15.1 Å². The van der Waals surface area contributed by atoms with Crippen LogP contribution in [0.5, 0.6) is 0 Å². The Bertz CT molecular complexity index is 1090. The van der Waals surface area contributed by atoms with E-state index in [0.717, 1.165) is 15.3 Å². The second-order valence-corrected chi connectivity index (χ2v) is 8.77. The summed E-state index contributed by atoms with van der Waals surface area (Å²) in [5, 5.41) is 4.87. The van der Waals surface area contributed by atoms with Gasteiger partial charge in [-0.3, -0.25) is 14.5 Å². The van der Waals surface area contributed by atoms with Crippen molar-refractivity contribution < 1.29 is 14.4 Å². The van der Waals surface area contributed by atoms with E-state index in [0.29, 0.717) is 25.1 Å². The van der Waals surface area contributed by atoms with Gasteiger partial charge >= 0.3 is 6.03 Å². The minimum absolute atomic E-state index is 0.257. The van der Waals surface area contributed by atoms with Crippen LogP contribution in [0.3, 0.4) is 0 Å². The van der Waals surface area contributed by atoms with Gasteiger partial charge in [-0.2, -0.15) is 0 Å². The van der Waals surface area contributed by atoms with Gasteiger partial charge in [0.25, 0.3) is 5.91 Å². The van der Waals surface area contributed by atoms with Gasteiger partial charge in [-0.25, -0.2) is 4.79 Å². The summed E-state index contributed by atoms with van der Waals surface area (Å²) in [6.07, 6.45) is 0.305. The van der Waals surface area contributed by atoms with E-state index in [1.54, 1.807) is 16.2 Å². The molecule has 32 heavy (non-hydrogen) atoms. The molecule has 4 amide bonds. The third-order valence-electron chi connectivity index (χ3n) is 5.71. The van der Waals surface area contributed by atoms with Crippen LogP contribution in [0.4, 0.5) is 4.79 Å². The quantitative estimate of drug-likeness (QED) is 0.534. The summed E-state index contributed by atoms with van der Waals surface area (Å²) in [7, 11) is 0. The first-order chi connectivity index (χ1) is 15.5. The number of carbonyl (C=O) groups excluding carboxylic acids is 3. The highest BCUT2D eigenvalue weighted by Gasteiger charge is 2.52. The SMILES string of the molecule is CCN(Cc1cccs1)C(=O)CN1C(=O)NC(Cc2ccccc2)(c2ccccc2)C1=O. The molecular formula is C25H25N3O3S. The van der Waals surface area contributed by atoms with Crippen molar-refractivity contribution in [2.75, 3.05) is 13.1 Å². The molecule has 1 aromatic heterocycles. The monoisotopic (exact) mass is 447 g/mol. The molecule has 0 saturated carbocycles. The zero-order chi connectivity index (χ0) is 22.6. The van der Waals surface area contributed by atoms with Gasteiger partial charge < -0.3 is 10.2 Å². The van der Waals surface area contributed by atoms with E-state index in [-0.39, 0.29) is 12.5 Å². The van der Waals surface area contributed by atoms with Crippen LogP contribution in [-0.4, -0.2) is 40.7 Å². The van der Waals surface area contributed by atoms with Crippen molar-refractivity contribution in [2.24, 2.45) is 0 Å². The molecule has 1 aliphatic heterocycles. The highest BCUT2D eigenvalue weighted by molar-refractivity contribution is 7.09. The molecule has 1 N–H and O–H groups in total. The number of hydrogen-bond donors (Lipinski definition) is 1. The first kappa shape index (κ1) is 21.8. The van der Waals surface area contributed by atoms with E-state index in [4.69, 9.17) is 0 Å². The minimum atomic E-state index is -1.25. The average molecular weight is 448 g/mol. The average Bonchev–Trinajstić information content (AvgIpc) is 3.41. The standard InChI is InChI=1S/C25H25N3O3S/c1-2-27(17-21-14-9-15-32-21)22(29)18-28-23(30)25(26-24(28)31,20-12-7-4-8-13-20)16-19-10-5-3-6-11-19/h3-15H,2,16-18H2,1H3,(H,26,31). The fourth-order valence-corrected chi connectivity index (χ4v) is 4.73. The first-order valence-electron chi connectivity index (χ1n) is 10.6. The van der Waals surface area contributed by atoms with Crippen LogP contribution in [0, 0.1) is 0 Å². The largest absolute Gasteiger partial charge is 0.336 e. The number of nitrogens with zero attached hydrogens (tertiary/aromatic N) is 2. The molecule has 3 aromatic rings. The van der Waals surface area contributed by atoms with Gasteiger partial charge in [0.15, 0.2) is 5.54 Å². The summed E-state index contributed by atoms with van der Waals surface area (Å²) in [5.74, 6) is -0.661. The molecule has 1 fully saturated rings. The number of benzene rings is 2. The predicted octanol–water partition coefficient (Wildman–Crippen LogP) is 3.79. The highest BCUT2D eigenvalue weighted by Crippen LogP contribution is 2.33. The first-order valence-corrected chi connectivity index (χ1v) is 11.4. The Morgan fingerprint density at radius 2 is 1.69 bits per heavy atom. The van der Waals surface area contributed by atoms with Crippen molar-refractivity contribution in [1.29, 1.82) is 0 Å². The molecule has 0 spiro atoms. The molecule has 0 radical (unpaired) electrons. The fraction of sp³-hybridized carbons (Fsp3) is 0.240. The Balaban J connectivity index is 1.60. The normalized spacial score (nSPS) is 18.0. The molecule has 2 heterocycles. The number of nitrogens with one attached hydrogen (secondary N) is 1. The molecule has 164 valence electrons. The van der Waals surface area contributed by atoms with Crippen LogP contribution in [0.2, 0.25) is 0 Å². The second kappa shape index (κ2) is 9.36. The Morgan fingerprint density at radius 1 is 1.00 bits per heavy atom. The minimum Gasteiger partial charge on any atom is -0.336 e. The summed E-state index contributed by atoms with van der Waals surface area (Å²) in [5.41, 5.74) is 0.374. The van der Waals surface area contributed by atoms with Crippen molar-refractivity contribution in [2.45, 2.75) is 25.4 Å². The van der Waals surface area contributed by atoms with Gasteiger partial charge in [0.1, 0.15) is 6.54 Å². The maximum Gasteiger partial charge on any atom is 0.325 e. The van der Waals surface area contributed by atoms with E-state index in [9.17, 15) is 14.4 Å². The molecule has 1 unspecified atom stereocenters. The molecule has 7 heteroatoms. The van der Waals surface area contributed by atoms with Gasteiger partial charge in [0.05, 0.1) is 6.54 Å². The van der Waals surface area contributed by atoms with Crippen molar-refractivity contribution in [3.63, 3.8) is 0 Å². The molecule has 0 bridgehead atoms. The Hall–Kier alpha value is -3.45. The van der Waals surface area contributed by atoms with Gasteiger partial charge in [-0.1, -0.05) is 66.7 Å². The topological polar surface area (TPSA) is 69.7 Å². The smallest absolute Gasteiger partial charge is 0.325 e. The molecule has 1 saturated heterocycles. The van der Waals surface area contributed by atoms with Gasteiger partial charge in [-0.05, 0) is 29.5 Å². The summed E-state index contributed by atoms with van der Waals surface area (Å²) in [4.78, 5) is 43.4. The summed E-state index contributed by atoms with van der Waals surface area (Å²) < 4.78 is 0. The lowest BCUT2D eigenvalue weighted by molar-refractivity contribution is -0.139. The number of imide groups is 1. The van der Waals surface area contributed by atoms with Gasteiger partial charge in [-0.15, -0.1) is 11.3 Å². The van der Waals surface area contributed by atoms with Gasteiger partial charge in [0, 0.05) is 17.8 Å². The molecule has 4 rings (SSSR count). The maximum absolute atomic E-state index is 13.7. The summed E-state index contributed by atoms with van der Waals surface area (Å²) in [6.45, 7) is 2.56. The predicted molar refractivity (Wildman–Crippen MR) is 124 cm³/mol. The van der Waals surface area contributed by atoms with E-state index in [1.807, 2.05) is 85.1 Å². The van der Waals surface area contributed by atoms with E-state index >= 15 is 0 Å². The van der Waals surface area contributed by atoms with Crippen LogP contribution in [0.25, 0.3) is 0 Å². The Morgan fingerprint density at radius 3 is 2.31 bits per heavy atom. The lowest BCUT2D eigenvalue weighted by Gasteiger charge is -2.28. The third kappa shape index (κ3) is 4.29. The molecular weight excluding hydrogens is 422 g/mol. The molecule has 1 aliphatic rings. The number of rotatable bonds is 8. The highest BCUT2D eigenvalue weighted by atomic mass is 32.1. The Kier molecular flexibility index (Phi) is 6.37.